The second kappa shape index (κ2) is 9.05. The van der Waals surface area contributed by atoms with Gasteiger partial charge in [-0.25, -0.2) is 9.78 Å². The van der Waals surface area contributed by atoms with Gasteiger partial charge in [0, 0.05) is 24.0 Å². The second-order valence-corrected chi connectivity index (χ2v) is 9.02. The zero-order valence-corrected chi connectivity index (χ0v) is 18.3. The van der Waals surface area contributed by atoms with Crippen LogP contribution in [0.4, 0.5) is 4.79 Å². The van der Waals surface area contributed by atoms with Crippen molar-refractivity contribution in [3.05, 3.63) is 45.9 Å². The Labute approximate surface area is 185 Å². The monoisotopic (exact) mass is 442 g/mol. The van der Waals surface area contributed by atoms with Crippen LogP contribution in [0, 0.1) is 6.92 Å². The Hall–Kier alpha value is -2.94. The van der Waals surface area contributed by atoms with Crippen LogP contribution in [-0.4, -0.2) is 46.4 Å². The van der Waals surface area contributed by atoms with Crippen molar-refractivity contribution in [2.24, 2.45) is 0 Å². The Balaban J connectivity index is 1.24. The average Bonchev–Trinajstić information content (AvgIpc) is 3.46. The first kappa shape index (κ1) is 21.3. The van der Waals surface area contributed by atoms with E-state index in [-0.39, 0.29) is 17.8 Å². The number of hydrogen-bond acceptors (Lipinski definition) is 6. The minimum Gasteiger partial charge on any atom is -0.487 e. The molecule has 9 heteroatoms. The molecular formula is C22H26N4O4S. The molecule has 2 heterocycles. The number of carbonyl (C=O) groups excluding carboxylic acids is 3. The number of aromatic nitrogens is 1. The molecule has 2 fully saturated rings. The number of hydrogen-bond donors (Lipinski definition) is 2. The van der Waals surface area contributed by atoms with Gasteiger partial charge < -0.3 is 15.4 Å². The summed E-state index contributed by atoms with van der Waals surface area (Å²) in [6.45, 7) is 2.95. The van der Waals surface area contributed by atoms with Gasteiger partial charge in [0.2, 0.25) is 0 Å². The van der Waals surface area contributed by atoms with E-state index in [4.69, 9.17) is 4.74 Å². The summed E-state index contributed by atoms with van der Waals surface area (Å²) in [5, 5.41) is 8.65. The first-order chi connectivity index (χ1) is 15.0. The summed E-state index contributed by atoms with van der Waals surface area (Å²) < 4.78 is 5.73. The molecule has 0 unspecified atom stereocenters. The molecule has 8 nitrogen and oxygen atoms in total. The molecule has 0 atom stereocenters. The summed E-state index contributed by atoms with van der Waals surface area (Å²) in [4.78, 5) is 42.9. The lowest BCUT2D eigenvalue weighted by Gasteiger charge is -2.20. The fourth-order valence-corrected chi connectivity index (χ4v) is 4.69. The van der Waals surface area contributed by atoms with Crippen LogP contribution in [0.15, 0.2) is 29.6 Å². The maximum atomic E-state index is 12.6. The van der Waals surface area contributed by atoms with Crippen LogP contribution in [0.3, 0.4) is 0 Å². The number of rotatable bonds is 8. The van der Waals surface area contributed by atoms with Crippen molar-refractivity contribution in [1.29, 1.82) is 0 Å². The average molecular weight is 443 g/mol. The van der Waals surface area contributed by atoms with Gasteiger partial charge >= 0.3 is 6.03 Å². The molecule has 1 saturated heterocycles. The summed E-state index contributed by atoms with van der Waals surface area (Å²) in [6.07, 6.45) is 3.85. The highest BCUT2D eigenvalue weighted by Gasteiger charge is 2.51. The Morgan fingerprint density at radius 1 is 1.32 bits per heavy atom. The topological polar surface area (TPSA) is 101 Å². The van der Waals surface area contributed by atoms with E-state index in [0.29, 0.717) is 50.3 Å². The number of thiazole rings is 1. The zero-order valence-electron chi connectivity index (χ0n) is 17.5. The highest BCUT2D eigenvalue weighted by Crippen LogP contribution is 2.35. The number of ether oxygens (including phenoxy) is 1. The van der Waals surface area contributed by atoms with Crippen LogP contribution >= 0.6 is 11.3 Å². The maximum absolute atomic E-state index is 12.6. The number of nitrogens with zero attached hydrogens (tertiary/aromatic N) is 2. The summed E-state index contributed by atoms with van der Waals surface area (Å²) in [5.41, 5.74) is 0.668. The van der Waals surface area contributed by atoms with Gasteiger partial charge in [0.25, 0.3) is 11.8 Å². The lowest BCUT2D eigenvalue weighted by Crippen LogP contribution is -2.44. The predicted octanol–water partition coefficient (Wildman–Crippen LogP) is 3.02. The lowest BCUT2D eigenvalue weighted by molar-refractivity contribution is -0.131. The second-order valence-electron chi connectivity index (χ2n) is 7.96. The summed E-state index contributed by atoms with van der Waals surface area (Å²) in [6, 6.07) is 6.65. The summed E-state index contributed by atoms with van der Waals surface area (Å²) in [7, 11) is 0. The van der Waals surface area contributed by atoms with E-state index in [1.54, 1.807) is 35.6 Å². The van der Waals surface area contributed by atoms with E-state index < -0.39 is 5.54 Å². The van der Waals surface area contributed by atoms with E-state index in [2.05, 4.69) is 15.6 Å². The molecule has 1 aliphatic heterocycles. The van der Waals surface area contributed by atoms with Crippen molar-refractivity contribution in [3.63, 3.8) is 0 Å². The maximum Gasteiger partial charge on any atom is 0.325 e. The molecule has 4 amide bonds. The number of aryl methyl sites for hydroxylation is 1. The molecule has 0 radical (unpaired) electrons. The normalized spacial score (nSPS) is 17.3. The van der Waals surface area contributed by atoms with Gasteiger partial charge in [-0.05, 0) is 44.4 Å². The van der Waals surface area contributed by atoms with Crippen LogP contribution < -0.4 is 15.4 Å². The van der Waals surface area contributed by atoms with Crippen LogP contribution in [0.25, 0.3) is 0 Å². The van der Waals surface area contributed by atoms with E-state index in [9.17, 15) is 14.4 Å². The van der Waals surface area contributed by atoms with Crippen molar-refractivity contribution >= 4 is 29.2 Å². The zero-order chi connectivity index (χ0) is 21.8. The molecule has 1 aliphatic carbocycles. The summed E-state index contributed by atoms with van der Waals surface area (Å²) >= 11 is 1.57. The van der Waals surface area contributed by atoms with Crippen LogP contribution in [-0.2, 0) is 11.4 Å². The first-order valence-corrected chi connectivity index (χ1v) is 11.4. The quantitative estimate of drug-likeness (QED) is 0.484. The van der Waals surface area contributed by atoms with Crippen LogP contribution in [0.2, 0.25) is 0 Å². The van der Waals surface area contributed by atoms with Gasteiger partial charge in [0.15, 0.2) is 0 Å². The molecule has 2 N–H and O–H groups in total. The van der Waals surface area contributed by atoms with Gasteiger partial charge in [0.05, 0.1) is 10.7 Å². The molecule has 1 aromatic heterocycles. The Morgan fingerprint density at radius 2 is 2.13 bits per heavy atom. The Morgan fingerprint density at radius 3 is 2.87 bits per heavy atom. The summed E-state index contributed by atoms with van der Waals surface area (Å²) in [5.74, 6) is 0.250. The van der Waals surface area contributed by atoms with E-state index in [1.807, 2.05) is 12.3 Å². The molecular weight excluding hydrogens is 416 g/mol. The molecule has 2 aromatic rings. The first-order valence-electron chi connectivity index (χ1n) is 10.5. The Bertz CT molecular complexity index is 983. The number of benzene rings is 1. The predicted molar refractivity (Wildman–Crippen MR) is 116 cm³/mol. The largest absolute Gasteiger partial charge is 0.487 e. The smallest absolute Gasteiger partial charge is 0.325 e. The minimum atomic E-state index is -0.683. The number of urea groups is 1. The van der Waals surface area contributed by atoms with Gasteiger partial charge in [0.1, 0.15) is 17.9 Å². The van der Waals surface area contributed by atoms with Crippen LogP contribution in [0.5, 0.6) is 5.75 Å². The van der Waals surface area contributed by atoms with E-state index in [1.165, 1.54) is 4.90 Å². The Kier molecular flexibility index (Phi) is 6.22. The van der Waals surface area contributed by atoms with Crippen molar-refractivity contribution in [1.82, 2.24) is 20.5 Å². The van der Waals surface area contributed by atoms with Crippen molar-refractivity contribution in [2.75, 3.05) is 13.1 Å². The lowest BCUT2D eigenvalue weighted by atomic mass is 9.98. The van der Waals surface area contributed by atoms with Gasteiger partial charge in [-0.3, -0.25) is 14.5 Å². The fraction of sp³-hybridized carbons (Fsp3) is 0.455. The molecule has 31 heavy (non-hydrogen) atoms. The minimum absolute atomic E-state index is 0.124. The third kappa shape index (κ3) is 4.71. The van der Waals surface area contributed by atoms with Crippen molar-refractivity contribution < 1.29 is 19.1 Å². The van der Waals surface area contributed by atoms with E-state index >= 15 is 0 Å². The van der Waals surface area contributed by atoms with Crippen molar-refractivity contribution in [3.8, 4) is 5.75 Å². The van der Waals surface area contributed by atoms with E-state index in [0.717, 1.165) is 23.5 Å². The van der Waals surface area contributed by atoms with Gasteiger partial charge in [-0.1, -0.05) is 18.9 Å². The highest BCUT2D eigenvalue weighted by atomic mass is 32.1. The molecule has 1 saturated carbocycles. The molecule has 164 valence electrons. The number of carbonyl (C=O) groups is 3. The number of amides is 4. The third-order valence-corrected chi connectivity index (χ3v) is 6.52. The molecule has 1 spiro atoms. The number of nitrogens with one attached hydrogen (secondary N) is 2. The molecule has 2 aliphatic rings. The van der Waals surface area contributed by atoms with Crippen molar-refractivity contribution in [2.45, 2.75) is 51.2 Å². The van der Waals surface area contributed by atoms with Crippen LogP contribution in [0.1, 0.15) is 53.2 Å². The molecule has 1 aromatic carbocycles. The SMILES string of the molecule is Cc1nc(COc2cccc(C(=O)NCCCN3C(=O)NC4(CCCC4)C3=O)c2)cs1. The third-order valence-electron chi connectivity index (χ3n) is 5.70. The van der Waals surface area contributed by atoms with Gasteiger partial charge in [-0.2, -0.15) is 0 Å². The highest BCUT2D eigenvalue weighted by molar-refractivity contribution is 7.09. The standard InChI is InChI=1S/C22H26N4O4S/c1-15-24-17(14-31-15)13-30-18-7-4-6-16(12-18)19(27)23-10-5-11-26-20(28)22(25-21(26)29)8-2-3-9-22/h4,6-7,12,14H,2-3,5,8-11,13H2,1H3,(H,23,27)(H,25,29). The number of imide groups is 1. The molecule has 4 rings (SSSR count). The van der Waals surface area contributed by atoms with Gasteiger partial charge in [-0.15, -0.1) is 11.3 Å². The molecule has 0 bridgehead atoms. The fourth-order valence-electron chi connectivity index (χ4n) is 4.10.